The third-order valence-electron chi connectivity index (χ3n) is 4.32. The zero-order valence-corrected chi connectivity index (χ0v) is 16.6. The number of anilines is 1. The molecule has 1 aromatic heterocycles. The smallest absolute Gasteiger partial charge is 0.241 e. The van der Waals surface area contributed by atoms with Gasteiger partial charge in [-0.3, -0.25) is 9.69 Å². The van der Waals surface area contributed by atoms with Crippen molar-refractivity contribution < 1.29 is 4.79 Å². The highest BCUT2D eigenvalue weighted by Gasteiger charge is 2.20. The van der Waals surface area contributed by atoms with Crippen LogP contribution in [0.4, 0.5) is 5.69 Å². The molecule has 0 aliphatic carbocycles. The van der Waals surface area contributed by atoms with Crippen molar-refractivity contribution in [2.75, 3.05) is 12.4 Å². The maximum absolute atomic E-state index is 12.6. The minimum absolute atomic E-state index is 0.155. The number of carbonyl (C=O) groups is 1. The number of rotatable bonds is 6. The summed E-state index contributed by atoms with van der Waals surface area (Å²) in [6, 6.07) is 14.5. The predicted octanol–water partition coefficient (Wildman–Crippen LogP) is 4.64. The summed E-state index contributed by atoms with van der Waals surface area (Å²) < 4.78 is 1.82. The minimum Gasteiger partial charge on any atom is -0.323 e. The summed E-state index contributed by atoms with van der Waals surface area (Å²) in [7, 11) is 1.89. The Balaban J connectivity index is 1.63. The van der Waals surface area contributed by atoms with Gasteiger partial charge in [-0.25, -0.2) is 4.68 Å². The standard InChI is InChI=1S/C20H20Cl2N4O/c1-14(20(27)24-19-10-16(21)8-9-18(19)22)25(2)12-15-11-23-26(13-15)17-6-4-3-5-7-17/h3-11,13-14H,12H2,1-2H3,(H,24,27). The topological polar surface area (TPSA) is 50.2 Å². The van der Waals surface area contributed by atoms with Crippen LogP contribution in [0, 0.1) is 0 Å². The number of hydrogen-bond acceptors (Lipinski definition) is 3. The van der Waals surface area contributed by atoms with E-state index in [9.17, 15) is 4.79 Å². The summed E-state index contributed by atoms with van der Waals surface area (Å²) in [5.41, 5.74) is 2.51. The molecule has 1 heterocycles. The zero-order chi connectivity index (χ0) is 19.4. The number of hydrogen-bond donors (Lipinski definition) is 1. The molecular formula is C20H20Cl2N4O. The third kappa shape index (κ3) is 4.89. The van der Waals surface area contributed by atoms with Crippen molar-refractivity contribution in [2.45, 2.75) is 19.5 Å². The SMILES string of the molecule is CC(C(=O)Nc1cc(Cl)ccc1Cl)N(C)Cc1cnn(-c2ccccc2)c1. The molecule has 0 spiro atoms. The van der Waals surface area contributed by atoms with Gasteiger partial charge in [0.2, 0.25) is 5.91 Å². The Morgan fingerprint density at radius 3 is 2.70 bits per heavy atom. The lowest BCUT2D eigenvalue weighted by molar-refractivity contribution is -0.120. The summed E-state index contributed by atoms with van der Waals surface area (Å²) in [6.45, 7) is 2.43. The molecule has 3 rings (SSSR count). The van der Waals surface area contributed by atoms with Crippen LogP contribution in [0.2, 0.25) is 10.0 Å². The van der Waals surface area contributed by atoms with E-state index in [2.05, 4.69) is 10.4 Å². The number of benzene rings is 2. The van der Waals surface area contributed by atoms with Gasteiger partial charge in [-0.05, 0) is 44.3 Å². The first kappa shape index (κ1) is 19.4. The van der Waals surface area contributed by atoms with Crippen molar-refractivity contribution in [3.8, 4) is 5.69 Å². The number of nitrogens with one attached hydrogen (secondary N) is 1. The van der Waals surface area contributed by atoms with Gasteiger partial charge < -0.3 is 5.32 Å². The van der Waals surface area contributed by atoms with E-state index in [-0.39, 0.29) is 11.9 Å². The first-order valence-corrected chi connectivity index (χ1v) is 9.25. The van der Waals surface area contributed by atoms with Crippen LogP contribution in [0.3, 0.4) is 0 Å². The third-order valence-corrected chi connectivity index (χ3v) is 4.88. The fourth-order valence-electron chi connectivity index (χ4n) is 2.62. The molecule has 0 fully saturated rings. The molecule has 0 saturated heterocycles. The molecule has 7 heteroatoms. The van der Waals surface area contributed by atoms with Gasteiger partial charge in [-0.2, -0.15) is 5.10 Å². The van der Waals surface area contributed by atoms with E-state index in [1.165, 1.54) is 0 Å². The van der Waals surface area contributed by atoms with E-state index in [1.807, 2.05) is 66.3 Å². The zero-order valence-electron chi connectivity index (χ0n) is 15.1. The largest absolute Gasteiger partial charge is 0.323 e. The molecule has 0 aliphatic rings. The molecule has 0 radical (unpaired) electrons. The second-order valence-corrected chi connectivity index (χ2v) is 7.18. The van der Waals surface area contributed by atoms with Crippen LogP contribution in [0.15, 0.2) is 60.9 Å². The number of aromatic nitrogens is 2. The van der Waals surface area contributed by atoms with E-state index in [1.54, 1.807) is 18.2 Å². The van der Waals surface area contributed by atoms with Gasteiger partial charge in [0.1, 0.15) is 0 Å². The number of carbonyl (C=O) groups excluding carboxylic acids is 1. The van der Waals surface area contributed by atoms with Crippen LogP contribution >= 0.6 is 23.2 Å². The van der Waals surface area contributed by atoms with E-state index in [0.29, 0.717) is 22.3 Å². The summed E-state index contributed by atoms with van der Waals surface area (Å²) >= 11 is 12.1. The Kier molecular flexibility index (Phi) is 6.16. The number of nitrogens with zero attached hydrogens (tertiary/aromatic N) is 3. The van der Waals surface area contributed by atoms with Crippen molar-refractivity contribution in [3.63, 3.8) is 0 Å². The van der Waals surface area contributed by atoms with Crippen LogP contribution in [0.1, 0.15) is 12.5 Å². The Morgan fingerprint density at radius 1 is 1.22 bits per heavy atom. The second kappa shape index (κ2) is 8.57. The quantitative estimate of drug-likeness (QED) is 0.653. The van der Waals surface area contributed by atoms with Crippen molar-refractivity contribution >= 4 is 34.8 Å². The minimum atomic E-state index is -0.361. The van der Waals surface area contributed by atoms with E-state index < -0.39 is 0 Å². The predicted molar refractivity (Wildman–Crippen MR) is 110 cm³/mol. The molecular weight excluding hydrogens is 383 g/mol. The Hall–Kier alpha value is -2.34. The lowest BCUT2D eigenvalue weighted by atomic mass is 10.2. The van der Waals surface area contributed by atoms with E-state index in [0.717, 1.165) is 11.3 Å². The summed E-state index contributed by atoms with van der Waals surface area (Å²) in [4.78, 5) is 14.5. The van der Waals surface area contributed by atoms with Crippen molar-refractivity contribution in [1.29, 1.82) is 0 Å². The van der Waals surface area contributed by atoms with Crippen LogP contribution in [0.5, 0.6) is 0 Å². The van der Waals surface area contributed by atoms with Gasteiger partial charge in [-0.1, -0.05) is 41.4 Å². The molecule has 0 aliphatic heterocycles. The highest BCUT2D eigenvalue weighted by molar-refractivity contribution is 6.35. The molecule has 27 heavy (non-hydrogen) atoms. The summed E-state index contributed by atoms with van der Waals surface area (Å²) in [5, 5.41) is 8.19. The molecule has 0 bridgehead atoms. The summed E-state index contributed by atoms with van der Waals surface area (Å²) in [6.07, 6.45) is 3.77. The summed E-state index contributed by atoms with van der Waals surface area (Å²) in [5.74, 6) is -0.155. The molecule has 0 saturated carbocycles. The highest BCUT2D eigenvalue weighted by Crippen LogP contribution is 2.25. The average molecular weight is 403 g/mol. The normalized spacial score (nSPS) is 12.2. The van der Waals surface area contributed by atoms with Gasteiger partial charge in [0.25, 0.3) is 0 Å². The highest BCUT2D eigenvalue weighted by atomic mass is 35.5. The van der Waals surface area contributed by atoms with Gasteiger partial charge in [0.05, 0.1) is 28.6 Å². The van der Waals surface area contributed by atoms with Crippen molar-refractivity contribution in [1.82, 2.24) is 14.7 Å². The number of para-hydroxylation sites is 1. The Bertz CT molecular complexity index is 927. The van der Waals surface area contributed by atoms with Gasteiger partial charge in [0.15, 0.2) is 0 Å². The Labute approximate surface area is 168 Å². The molecule has 1 unspecified atom stereocenters. The molecule has 1 N–H and O–H groups in total. The first-order chi connectivity index (χ1) is 12.9. The second-order valence-electron chi connectivity index (χ2n) is 6.33. The van der Waals surface area contributed by atoms with Crippen LogP contribution in [-0.4, -0.2) is 33.7 Å². The van der Waals surface area contributed by atoms with Crippen LogP contribution in [-0.2, 0) is 11.3 Å². The average Bonchev–Trinajstić information content (AvgIpc) is 3.13. The van der Waals surface area contributed by atoms with Gasteiger partial charge >= 0.3 is 0 Å². The molecule has 1 amide bonds. The molecule has 2 aromatic carbocycles. The first-order valence-electron chi connectivity index (χ1n) is 8.49. The maximum atomic E-state index is 12.6. The monoisotopic (exact) mass is 402 g/mol. The lowest BCUT2D eigenvalue weighted by Gasteiger charge is -2.23. The molecule has 1 atom stereocenters. The molecule has 3 aromatic rings. The van der Waals surface area contributed by atoms with Crippen molar-refractivity contribution in [3.05, 3.63) is 76.5 Å². The number of likely N-dealkylation sites (N-methyl/N-ethyl adjacent to an activating group) is 1. The van der Waals surface area contributed by atoms with Crippen molar-refractivity contribution in [2.24, 2.45) is 0 Å². The lowest BCUT2D eigenvalue weighted by Crippen LogP contribution is -2.39. The van der Waals surface area contributed by atoms with Crippen LogP contribution in [0.25, 0.3) is 5.69 Å². The number of amides is 1. The molecule has 140 valence electrons. The van der Waals surface area contributed by atoms with Gasteiger partial charge in [-0.15, -0.1) is 0 Å². The van der Waals surface area contributed by atoms with Crippen LogP contribution < -0.4 is 5.32 Å². The fraction of sp³-hybridized carbons (Fsp3) is 0.200. The fourth-order valence-corrected chi connectivity index (χ4v) is 2.96. The molecule has 5 nitrogen and oxygen atoms in total. The Morgan fingerprint density at radius 2 is 1.96 bits per heavy atom. The van der Waals surface area contributed by atoms with E-state index >= 15 is 0 Å². The number of halogens is 2. The maximum Gasteiger partial charge on any atom is 0.241 e. The van der Waals surface area contributed by atoms with Gasteiger partial charge in [0, 0.05) is 23.3 Å². The van der Waals surface area contributed by atoms with E-state index in [4.69, 9.17) is 23.2 Å².